The van der Waals surface area contributed by atoms with Gasteiger partial charge in [-0.05, 0) is 68.0 Å². The lowest BCUT2D eigenvalue weighted by atomic mass is 10.0. The van der Waals surface area contributed by atoms with Crippen molar-refractivity contribution < 1.29 is 24.3 Å². The maximum atomic E-state index is 11.2. The molecule has 0 aliphatic heterocycles. The van der Waals surface area contributed by atoms with Crippen LogP contribution in [0.3, 0.4) is 0 Å². The lowest BCUT2D eigenvalue weighted by Gasteiger charge is -2.17. The van der Waals surface area contributed by atoms with Crippen molar-refractivity contribution in [3.8, 4) is 28.6 Å². The molecule has 198 valence electrons. The topological polar surface area (TPSA) is 131 Å². The van der Waals surface area contributed by atoms with Crippen molar-refractivity contribution in [2.75, 3.05) is 19.8 Å². The largest absolute Gasteiger partial charge is 0.490 e. The van der Waals surface area contributed by atoms with Crippen LogP contribution in [0.2, 0.25) is 0 Å². The van der Waals surface area contributed by atoms with E-state index in [4.69, 9.17) is 24.3 Å². The molecule has 1 fully saturated rings. The average molecular weight is 509 g/mol. The molecular formula is C28H36N4O5. The van der Waals surface area contributed by atoms with Gasteiger partial charge in [-0.1, -0.05) is 31.8 Å². The van der Waals surface area contributed by atoms with Crippen molar-refractivity contribution >= 4 is 5.91 Å². The van der Waals surface area contributed by atoms with Crippen molar-refractivity contribution in [3.63, 3.8) is 0 Å². The first-order valence-electron chi connectivity index (χ1n) is 13.1. The van der Waals surface area contributed by atoms with Crippen LogP contribution in [-0.4, -0.2) is 57.1 Å². The Labute approximate surface area is 217 Å². The Kier molecular flexibility index (Phi) is 8.89. The molecule has 1 amide bonds. The highest BCUT2D eigenvalue weighted by molar-refractivity contribution is 5.76. The molecule has 9 heteroatoms. The first kappa shape index (κ1) is 26.8. The number of carbonyl (C=O) groups excluding carboxylic acids is 1. The third kappa shape index (κ3) is 6.53. The molecule has 0 saturated heterocycles. The molecule has 2 aromatic heterocycles. The SMILES string of the molecule is CCc1cc(-c2nc(-c3cc(C)c(OC[C@@H](O)CNC(=O)CO)c(CC)c3)no2)cc(C2CCCC2)n1. The molecule has 4 rings (SSSR count). The smallest absolute Gasteiger partial charge is 0.258 e. The van der Waals surface area contributed by atoms with Crippen molar-refractivity contribution in [1.29, 1.82) is 0 Å². The number of carbonyl (C=O) groups is 1. The minimum Gasteiger partial charge on any atom is -0.490 e. The zero-order chi connectivity index (χ0) is 26.4. The number of ether oxygens (including phenoxy) is 1. The molecule has 1 atom stereocenters. The summed E-state index contributed by atoms with van der Waals surface area (Å²) in [6.45, 7) is 5.46. The minimum absolute atomic E-state index is 0.000825. The van der Waals surface area contributed by atoms with Crippen molar-refractivity contribution in [3.05, 3.63) is 46.8 Å². The van der Waals surface area contributed by atoms with Gasteiger partial charge in [-0.15, -0.1) is 0 Å². The van der Waals surface area contributed by atoms with Gasteiger partial charge in [0.05, 0.1) is 0 Å². The van der Waals surface area contributed by atoms with Gasteiger partial charge >= 0.3 is 0 Å². The van der Waals surface area contributed by atoms with Crippen LogP contribution in [0.5, 0.6) is 5.75 Å². The second-order valence-corrected chi connectivity index (χ2v) is 9.59. The number of nitrogens with one attached hydrogen (secondary N) is 1. The summed E-state index contributed by atoms with van der Waals surface area (Å²) in [5.74, 6) is 1.63. The lowest BCUT2D eigenvalue weighted by Crippen LogP contribution is -2.36. The van der Waals surface area contributed by atoms with Gasteiger partial charge in [0.15, 0.2) is 0 Å². The van der Waals surface area contributed by atoms with Crippen LogP contribution in [0, 0.1) is 6.92 Å². The maximum Gasteiger partial charge on any atom is 0.258 e. The van der Waals surface area contributed by atoms with Gasteiger partial charge < -0.3 is 24.8 Å². The van der Waals surface area contributed by atoms with E-state index >= 15 is 0 Å². The first-order chi connectivity index (χ1) is 17.9. The van der Waals surface area contributed by atoms with E-state index in [1.54, 1.807) is 0 Å². The second kappa shape index (κ2) is 12.3. The Balaban J connectivity index is 1.53. The Morgan fingerprint density at radius 2 is 1.92 bits per heavy atom. The predicted octanol–water partition coefficient (Wildman–Crippen LogP) is 3.74. The zero-order valence-corrected chi connectivity index (χ0v) is 21.8. The Hall–Kier alpha value is -3.30. The number of pyridine rings is 1. The van der Waals surface area contributed by atoms with Crippen molar-refractivity contribution in [2.45, 2.75) is 71.3 Å². The molecule has 3 aromatic rings. The molecule has 9 nitrogen and oxygen atoms in total. The number of hydrogen-bond acceptors (Lipinski definition) is 8. The molecular weight excluding hydrogens is 472 g/mol. The van der Waals surface area contributed by atoms with Gasteiger partial charge in [-0.2, -0.15) is 4.98 Å². The number of hydrogen-bond donors (Lipinski definition) is 3. The fourth-order valence-corrected chi connectivity index (χ4v) is 4.78. The van der Waals surface area contributed by atoms with E-state index in [0.29, 0.717) is 29.8 Å². The molecule has 2 heterocycles. The number of nitrogens with zero attached hydrogens (tertiary/aromatic N) is 3. The molecule has 1 aliphatic rings. The molecule has 0 unspecified atom stereocenters. The number of amides is 1. The first-order valence-corrected chi connectivity index (χ1v) is 13.1. The molecule has 37 heavy (non-hydrogen) atoms. The summed E-state index contributed by atoms with van der Waals surface area (Å²) in [6.07, 6.45) is 5.51. The number of rotatable bonds is 11. The van der Waals surface area contributed by atoms with Crippen molar-refractivity contribution in [2.24, 2.45) is 0 Å². The molecule has 0 bridgehead atoms. The third-order valence-corrected chi connectivity index (χ3v) is 6.80. The Morgan fingerprint density at radius 3 is 2.62 bits per heavy atom. The molecule has 3 N–H and O–H groups in total. The highest BCUT2D eigenvalue weighted by Crippen LogP contribution is 2.36. The molecule has 1 aliphatic carbocycles. The van der Waals surface area contributed by atoms with E-state index in [1.165, 1.54) is 25.7 Å². The van der Waals surface area contributed by atoms with Crippen molar-refractivity contribution in [1.82, 2.24) is 20.4 Å². The van der Waals surface area contributed by atoms with Crippen LogP contribution in [0.1, 0.15) is 68.0 Å². The second-order valence-electron chi connectivity index (χ2n) is 9.59. The predicted molar refractivity (Wildman–Crippen MR) is 139 cm³/mol. The van der Waals surface area contributed by atoms with Crippen LogP contribution in [-0.2, 0) is 17.6 Å². The van der Waals surface area contributed by atoms with E-state index in [-0.39, 0.29) is 13.2 Å². The zero-order valence-electron chi connectivity index (χ0n) is 21.8. The highest BCUT2D eigenvalue weighted by Gasteiger charge is 2.22. The summed E-state index contributed by atoms with van der Waals surface area (Å²) in [7, 11) is 0. The summed E-state index contributed by atoms with van der Waals surface area (Å²) < 4.78 is 11.6. The van der Waals surface area contributed by atoms with E-state index in [2.05, 4.69) is 23.5 Å². The third-order valence-electron chi connectivity index (χ3n) is 6.80. The van der Waals surface area contributed by atoms with Crippen LogP contribution >= 0.6 is 0 Å². The van der Waals surface area contributed by atoms with E-state index in [0.717, 1.165) is 40.1 Å². The standard InChI is InChI=1S/C28H36N4O5/c1-4-18-11-20(10-17(3)26(18)36-16-23(34)14-29-25(35)15-33)27-31-28(37-32-27)21-12-22(5-2)30-24(13-21)19-8-6-7-9-19/h10-13,19,23,33-34H,4-9,14-16H2,1-3H3,(H,29,35)/t23-/m0/s1. The van der Waals surface area contributed by atoms with Gasteiger partial charge in [0.1, 0.15) is 25.1 Å². The highest BCUT2D eigenvalue weighted by atomic mass is 16.5. The summed E-state index contributed by atoms with van der Waals surface area (Å²) in [4.78, 5) is 20.8. The number of benzene rings is 1. The average Bonchev–Trinajstić information content (AvgIpc) is 3.63. The molecule has 1 aromatic carbocycles. The number of aromatic nitrogens is 3. The number of aliphatic hydroxyl groups is 2. The van der Waals surface area contributed by atoms with Crippen LogP contribution in [0.15, 0.2) is 28.8 Å². The lowest BCUT2D eigenvalue weighted by molar-refractivity contribution is -0.124. The fourth-order valence-electron chi connectivity index (χ4n) is 4.78. The van der Waals surface area contributed by atoms with Crippen LogP contribution in [0.25, 0.3) is 22.8 Å². The van der Waals surface area contributed by atoms with E-state index in [1.807, 2.05) is 32.0 Å². The maximum absolute atomic E-state index is 11.2. The van der Waals surface area contributed by atoms with E-state index in [9.17, 15) is 9.90 Å². The molecule has 0 radical (unpaired) electrons. The summed E-state index contributed by atoms with van der Waals surface area (Å²) in [5, 5.41) is 25.6. The number of aryl methyl sites for hydroxylation is 3. The van der Waals surface area contributed by atoms with E-state index < -0.39 is 18.6 Å². The monoisotopic (exact) mass is 508 g/mol. The summed E-state index contributed by atoms with van der Waals surface area (Å²) in [5.41, 5.74) is 5.72. The van der Waals surface area contributed by atoms with Gasteiger partial charge in [0.25, 0.3) is 5.89 Å². The van der Waals surface area contributed by atoms with Crippen LogP contribution < -0.4 is 10.1 Å². The summed E-state index contributed by atoms with van der Waals surface area (Å²) >= 11 is 0. The Morgan fingerprint density at radius 1 is 1.14 bits per heavy atom. The van der Waals surface area contributed by atoms with Gasteiger partial charge in [-0.3, -0.25) is 9.78 Å². The minimum atomic E-state index is -0.901. The van der Waals surface area contributed by atoms with Gasteiger partial charge in [0, 0.05) is 35.0 Å². The fraction of sp³-hybridized carbons (Fsp3) is 0.500. The summed E-state index contributed by atoms with van der Waals surface area (Å²) in [6, 6.07) is 8.05. The van der Waals surface area contributed by atoms with Crippen LogP contribution in [0.4, 0.5) is 0 Å². The van der Waals surface area contributed by atoms with Gasteiger partial charge in [0.2, 0.25) is 11.7 Å². The Bertz CT molecular complexity index is 1220. The quantitative estimate of drug-likeness (QED) is 0.357. The number of aliphatic hydroxyl groups excluding tert-OH is 2. The molecule has 1 saturated carbocycles. The molecule has 0 spiro atoms. The normalized spacial score (nSPS) is 14.6. The van der Waals surface area contributed by atoms with Gasteiger partial charge in [-0.25, -0.2) is 0 Å².